The van der Waals surface area contributed by atoms with Crippen LogP contribution in [0, 0.1) is 6.92 Å². The number of carbonyl (C=O) groups excluding carboxylic acids is 2. The molecule has 1 aromatic heterocycles. The number of amides is 1. The van der Waals surface area contributed by atoms with E-state index in [4.69, 9.17) is 14.2 Å². The second kappa shape index (κ2) is 12.6. The van der Waals surface area contributed by atoms with Gasteiger partial charge in [0.15, 0.2) is 0 Å². The number of nitrogens with one attached hydrogen (secondary N) is 1. The lowest BCUT2D eigenvalue weighted by Gasteiger charge is -2.47. The Morgan fingerprint density at radius 1 is 1.14 bits per heavy atom. The van der Waals surface area contributed by atoms with E-state index in [2.05, 4.69) is 29.0 Å². The Bertz CT molecular complexity index is 883. The lowest BCUT2D eigenvalue weighted by Crippen LogP contribution is -2.57. The van der Waals surface area contributed by atoms with E-state index in [-0.39, 0.29) is 5.97 Å². The lowest BCUT2D eigenvalue weighted by molar-refractivity contribution is -0.0738. The van der Waals surface area contributed by atoms with Crippen molar-refractivity contribution in [2.75, 3.05) is 44.8 Å². The van der Waals surface area contributed by atoms with E-state index in [0.717, 1.165) is 54.5 Å². The quantitative estimate of drug-likeness (QED) is 0.443. The number of rotatable bonds is 10. The summed E-state index contributed by atoms with van der Waals surface area (Å²) in [5, 5.41) is 3.96. The summed E-state index contributed by atoms with van der Waals surface area (Å²) in [4.78, 5) is 30.8. The van der Waals surface area contributed by atoms with Crippen LogP contribution in [0.5, 0.6) is 0 Å². The number of ether oxygens (including phenoxy) is 3. The summed E-state index contributed by atoms with van der Waals surface area (Å²) in [6, 6.07) is 1.12. The molecule has 0 radical (unpaired) electrons. The van der Waals surface area contributed by atoms with Crippen molar-refractivity contribution in [3.05, 3.63) is 16.0 Å². The lowest BCUT2D eigenvalue weighted by atomic mass is 9.87. The van der Waals surface area contributed by atoms with Gasteiger partial charge in [-0.05, 0) is 72.8 Å². The first-order valence-corrected chi connectivity index (χ1v) is 14.2. The zero-order valence-corrected chi connectivity index (χ0v) is 24.0. The van der Waals surface area contributed by atoms with E-state index in [9.17, 15) is 9.59 Å². The number of carbonyl (C=O) groups is 2. The number of anilines is 1. The third-order valence-electron chi connectivity index (χ3n) is 7.11. The molecule has 0 unspecified atom stereocenters. The molecular formula is C27H45N3O5S. The van der Waals surface area contributed by atoms with E-state index in [0.29, 0.717) is 36.7 Å². The van der Waals surface area contributed by atoms with E-state index < -0.39 is 11.7 Å². The predicted octanol–water partition coefficient (Wildman–Crippen LogP) is 4.77. The van der Waals surface area contributed by atoms with Gasteiger partial charge in [0.1, 0.15) is 5.60 Å². The highest BCUT2D eigenvalue weighted by Crippen LogP contribution is 2.40. The fourth-order valence-electron chi connectivity index (χ4n) is 5.38. The molecule has 1 saturated carbocycles. The highest BCUT2D eigenvalue weighted by atomic mass is 32.1. The molecule has 1 amide bonds. The number of thiophene rings is 1. The van der Waals surface area contributed by atoms with Gasteiger partial charge in [0.25, 0.3) is 0 Å². The van der Waals surface area contributed by atoms with Crippen LogP contribution in [-0.2, 0) is 20.6 Å². The minimum Gasteiger partial charge on any atom is -0.465 e. The van der Waals surface area contributed by atoms with Crippen LogP contribution >= 0.6 is 11.3 Å². The van der Waals surface area contributed by atoms with Gasteiger partial charge in [0, 0.05) is 56.2 Å². The summed E-state index contributed by atoms with van der Waals surface area (Å²) in [6.45, 7) is 16.0. The highest BCUT2D eigenvalue weighted by Gasteiger charge is 2.36. The molecule has 1 aliphatic heterocycles. The van der Waals surface area contributed by atoms with Crippen molar-refractivity contribution >= 4 is 28.4 Å². The molecule has 36 heavy (non-hydrogen) atoms. The zero-order valence-electron chi connectivity index (χ0n) is 23.1. The maximum Gasteiger partial charge on any atom is 0.407 e. The van der Waals surface area contributed by atoms with Gasteiger partial charge >= 0.3 is 12.1 Å². The molecule has 0 aromatic carbocycles. The third-order valence-corrected chi connectivity index (χ3v) is 8.50. The van der Waals surface area contributed by atoms with Crippen LogP contribution in [0.15, 0.2) is 0 Å². The first-order valence-electron chi connectivity index (χ1n) is 13.4. The monoisotopic (exact) mass is 523 g/mol. The zero-order chi connectivity index (χ0) is 26.5. The average Bonchev–Trinajstić information content (AvgIpc) is 3.11. The Morgan fingerprint density at radius 2 is 1.81 bits per heavy atom. The summed E-state index contributed by atoms with van der Waals surface area (Å²) in [6.07, 6.45) is 5.20. The first-order chi connectivity index (χ1) is 17.1. The van der Waals surface area contributed by atoms with Crippen LogP contribution in [0.1, 0.15) is 81.1 Å². The number of methoxy groups -OCH3 is 1. The summed E-state index contributed by atoms with van der Waals surface area (Å²) in [7, 11) is 1.42. The second-order valence-corrected chi connectivity index (χ2v) is 11.9. The molecule has 9 heteroatoms. The van der Waals surface area contributed by atoms with E-state index >= 15 is 0 Å². The Balaban J connectivity index is 1.65. The highest BCUT2D eigenvalue weighted by molar-refractivity contribution is 7.16. The average molecular weight is 524 g/mol. The van der Waals surface area contributed by atoms with Gasteiger partial charge in [0.05, 0.1) is 23.8 Å². The molecule has 2 aliphatic rings. The standard InChI is InChI=1S/C27H45N3O5S/c1-8-30(20-12-10-19(11-13-20)29-16-21(17-29)34-9-2)24-18(3)23(25(31)33-7)22(36-24)14-15-28-26(32)35-27(4,5)6/h19-21H,8-17H2,1-7H3,(H,28,32). The normalized spacial score (nSPS) is 21.1. The fraction of sp³-hybridized carbons (Fsp3) is 0.778. The van der Waals surface area contributed by atoms with E-state index in [1.165, 1.54) is 20.0 Å². The summed E-state index contributed by atoms with van der Waals surface area (Å²) < 4.78 is 16.2. The Labute approximate surface area is 220 Å². The predicted molar refractivity (Wildman–Crippen MR) is 144 cm³/mol. The van der Waals surface area contributed by atoms with Crippen molar-refractivity contribution < 1.29 is 23.8 Å². The molecule has 2 heterocycles. The van der Waals surface area contributed by atoms with Gasteiger partial charge in [0.2, 0.25) is 0 Å². The molecule has 1 saturated heterocycles. The van der Waals surface area contributed by atoms with Crippen LogP contribution in [0.2, 0.25) is 0 Å². The molecule has 1 aromatic rings. The van der Waals surface area contributed by atoms with Crippen LogP contribution in [0.3, 0.4) is 0 Å². The van der Waals surface area contributed by atoms with Gasteiger partial charge in [-0.15, -0.1) is 11.3 Å². The number of nitrogens with zero attached hydrogens (tertiary/aromatic N) is 2. The smallest absolute Gasteiger partial charge is 0.407 e. The number of hydrogen-bond acceptors (Lipinski definition) is 8. The Kier molecular flexibility index (Phi) is 10.1. The number of alkyl carbamates (subject to hydrolysis) is 1. The van der Waals surface area contributed by atoms with Gasteiger partial charge in [-0.3, -0.25) is 4.90 Å². The summed E-state index contributed by atoms with van der Waals surface area (Å²) in [5.74, 6) is -0.316. The van der Waals surface area contributed by atoms with Crippen LogP contribution in [0.25, 0.3) is 0 Å². The van der Waals surface area contributed by atoms with Crippen molar-refractivity contribution in [1.29, 1.82) is 0 Å². The van der Waals surface area contributed by atoms with Crippen molar-refractivity contribution in [1.82, 2.24) is 10.2 Å². The molecule has 1 N–H and O–H groups in total. The van der Waals surface area contributed by atoms with Crippen molar-refractivity contribution in [2.24, 2.45) is 0 Å². The summed E-state index contributed by atoms with van der Waals surface area (Å²) in [5.41, 5.74) is 1.07. The first kappa shape index (κ1) is 28.7. The van der Waals surface area contributed by atoms with Crippen LogP contribution in [-0.4, -0.2) is 80.6 Å². The molecular weight excluding hydrogens is 478 g/mol. The number of likely N-dealkylation sites (tertiary alicyclic amines) is 1. The Morgan fingerprint density at radius 3 is 2.36 bits per heavy atom. The molecule has 1 aliphatic carbocycles. The van der Waals surface area contributed by atoms with Crippen LogP contribution < -0.4 is 10.2 Å². The van der Waals surface area contributed by atoms with Crippen molar-refractivity contribution in [2.45, 2.75) is 97.4 Å². The summed E-state index contributed by atoms with van der Waals surface area (Å²) >= 11 is 1.66. The number of esters is 1. The van der Waals surface area contributed by atoms with Crippen molar-refractivity contribution in [3.8, 4) is 0 Å². The van der Waals surface area contributed by atoms with Gasteiger partial charge in [-0.1, -0.05) is 0 Å². The van der Waals surface area contributed by atoms with Gasteiger partial charge in [-0.2, -0.15) is 0 Å². The van der Waals surface area contributed by atoms with Crippen LogP contribution in [0.4, 0.5) is 9.80 Å². The molecule has 0 bridgehead atoms. The van der Waals surface area contributed by atoms with Crippen molar-refractivity contribution in [3.63, 3.8) is 0 Å². The fourth-order valence-corrected chi connectivity index (χ4v) is 6.81. The molecule has 0 spiro atoms. The Hall–Kier alpha value is -1.84. The maximum atomic E-state index is 12.7. The van der Waals surface area contributed by atoms with E-state index in [1.807, 2.05) is 27.7 Å². The van der Waals surface area contributed by atoms with Gasteiger partial charge in [-0.25, -0.2) is 9.59 Å². The largest absolute Gasteiger partial charge is 0.465 e. The van der Waals surface area contributed by atoms with E-state index in [1.54, 1.807) is 11.3 Å². The topological polar surface area (TPSA) is 80.3 Å². The number of hydrogen-bond donors (Lipinski definition) is 1. The molecule has 8 nitrogen and oxygen atoms in total. The minimum absolute atomic E-state index is 0.316. The second-order valence-electron chi connectivity index (χ2n) is 10.8. The SMILES string of the molecule is CCOC1CN(C2CCC(N(CC)c3sc(CCNC(=O)OC(C)(C)C)c(C(=O)OC)c3C)CC2)C1. The molecule has 0 atom stereocenters. The van der Waals surface area contributed by atoms with Gasteiger partial charge < -0.3 is 24.4 Å². The molecule has 204 valence electrons. The maximum absolute atomic E-state index is 12.7. The molecule has 2 fully saturated rings. The third kappa shape index (κ3) is 7.13. The minimum atomic E-state index is -0.546. The molecule has 3 rings (SSSR count).